The molecule has 30 heavy (non-hydrogen) atoms. The predicted octanol–water partition coefficient (Wildman–Crippen LogP) is 3.44. The topological polar surface area (TPSA) is 89.9 Å². The minimum absolute atomic E-state index is 0.0365. The number of nitrogens with one attached hydrogen (secondary N) is 1. The van der Waals surface area contributed by atoms with Crippen LogP contribution >= 0.6 is 24.4 Å². The molecule has 2 atom stereocenters. The van der Waals surface area contributed by atoms with Crippen molar-refractivity contribution in [1.29, 1.82) is 0 Å². The number of carboxylic acid groups (broad SMARTS) is 1. The number of aliphatic carboxylic acids is 1. The van der Waals surface area contributed by atoms with Gasteiger partial charge in [0.15, 0.2) is 0 Å². The first-order chi connectivity index (χ1) is 14.5. The highest BCUT2D eigenvalue weighted by Crippen LogP contribution is 2.37. The fourth-order valence-electron chi connectivity index (χ4n) is 3.58. The van der Waals surface area contributed by atoms with Gasteiger partial charge in [0.1, 0.15) is 5.75 Å². The number of aromatic hydroxyl groups is 1. The maximum atomic E-state index is 12.8. The van der Waals surface area contributed by atoms with Crippen LogP contribution in [0.1, 0.15) is 23.6 Å². The average molecular weight is 447 g/mol. The van der Waals surface area contributed by atoms with Gasteiger partial charge in [-0.3, -0.25) is 14.5 Å². The summed E-state index contributed by atoms with van der Waals surface area (Å²) in [5.74, 6) is 0.397. The lowest BCUT2D eigenvalue weighted by molar-refractivity contribution is -0.138. The van der Waals surface area contributed by atoms with Crippen molar-refractivity contribution in [2.45, 2.75) is 24.1 Å². The van der Waals surface area contributed by atoms with Crippen LogP contribution in [-0.2, 0) is 16.0 Å². The number of benzene rings is 2. The third-order valence-electron chi connectivity index (χ3n) is 5.05. The first-order valence-electron chi connectivity index (χ1n) is 9.84. The van der Waals surface area contributed by atoms with E-state index in [1.165, 1.54) is 6.07 Å². The first-order valence-corrected chi connectivity index (χ1v) is 11.5. The number of carbonyl (C=O) groups is 2. The molecule has 160 valence electrons. The van der Waals surface area contributed by atoms with Crippen molar-refractivity contribution in [1.82, 2.24) is 4.90 Å². The Kier molecular flexibility index (Phi) is 8.07. The standard InChI is InChI=1S/C22H26N2O4S2/c25-18-9-4-8-16(17-14-30-11-5-10-24(17)13-20(26)27)21(18)23-22(28)19(29)12-15-6-2-1-3-7-15/h1-4,6-9,17,19,25,29H,5,10-14H2,(H,23,28)(H,26,27)/t17-,19-/m0/s1. The second-order valence-electron chi connectivity index (χ2n) is 7.24. The molecular weight excluding hydrogens is 420 g/mol. The summed E-state index contributed by atoms with van der Waals surface area (Å²) in [6, 6.07) is 14.5. The van der Waals surface area contributed by atoms with Crippen LogP contribution in [0.4, 0.5) is 5.69 Å². The van der Waals surface area contributed by atoms with Crippen LogP contribution in [0.25, 0.3) is 0 Å². The molecule has 1 amide bonds. The van der Waals surface area contributed by atoms with Crippen LogP contribution < -0.4 is 5.32 Å². The van der Waals surface area contributed by atoms with E-state index in [9.17, 15) is 19.8 Å². The van der Waals surface area contributed by atoms with Crippen LogP contribution in [0.15, 0.2) is 48.5 Å². The van der Waals surface area contributed by atoms with Gasteiger partial charge >= 0.3 is 5.97 Å². The normalized spacial score (nSPS) is 18.4. The lowest BCUT2D eigenvalue weighted by atomic mass is 10.0. The number of phenols is 1. The van der Waals surface area contributed by atoms with Crippen molar-refractivity contribution in [3.8, 4) is 5.75 Å². The molecule has 0 bridgehead atoms. The van der Waals surface area contributed by atoms with Crippen LogP contribution in [-0.4, -0.2) is 56.8 Å². The van der Waals surface area contributed by atoms with E-state index in [0.29, 0.717) is 24.4 Å². The van der Waals surface area contributed by atoms with Gasteiger partial charge < -0.3 is 15.5 Å². The molecule has 1 aliphatic rings. The monoisotopic (exact) mass is 446 g/mol. The molecule has 2 aromatic rings. The number of carboxylic acids is 1. The Bertz CT molecular complexity index is 879. The predicted molar refractivity (Wildman–Crippen MR) is 124 cm³/mol. The van der Waals surface area contributed by atoms with Crippen LogP contribution in [0, 0.1) is 0 Å². The van der Waals surface area contributed by atoms with Gasteiger partial charge in [-0.2, -0.15) is 24.4 Å². The van der Waals surface area contributed by atoms with Gasteiger partial charge in [-0.05, 0) is 35.8 Å². The number of phenolic OH excluding ortho intramolecular Hbond substituents is 1. The highest BCUT2D eigenvalue weighted by atomic mass is 32.2. The number of hydrogen-bond donors (Lipinski definition) is 4. The number of thiol groups is 1. The third kappa shape index (κ3) is 5.93. The Morgan fingerprint density at radius 1 is 1.20 bits per heavy atom. The largest absolute Gasteiger partial charge is 0.506 e. The Labute approximate surface area is 186 Å². The van der Waals surface area contributed by atoms with Gasteiger partial charge in [-0.1, -0.05) is 42.5 Å². The summed E-state index contributed by atoms with van der Waals surface area (Å²) in [6.07, 6.45) is 1.36. The lowest BCUT2D eigenvalue weighted by Gasteiger charge is -2.30. The molecule has 6 nitrogen and oxygen atoms in total. The van der Waals surface area contributed by atoms with E-state index in [4.69, 9.17) is 0 Å². The smallest absolute Gasteiger partial charge is 0.317 e. The molecule has 3 N–H and O–H groups in total. The summed E-state index contributed by atoms with van der Waals surface area (Å²) >= 11 is 6.20. The number of rotatable bonds is 7. The van der Waals surface area contributed by atoms with E-state index in [-0.39, 0.29) is 24.2 Å². The number of para-hydroxylation sites is 1. The van der Waals surface area contributed by atoms with Crippen molar-refractivity contribution in [3.05, 3.63) is 59.7 Å². The molecule has 0 saturated carbocycles. The Morgan fingerprint density at radius 2 is 1.97 bits per heavy atom. The molecule has 0 spiro atoms. The molecule has 0 aliphatic carbocycles. The minimum atomic E-state index is -0.893. The zero-order chi connectivity index (χ0) is 21.5. The van der Waals surface area contributed by atoms with Crippen molar-refractivity contribution >= 4 is 42.0 Å². The van der Waals surface area contributed by atoms with E-state index in [1.807, 2.05) is 41.3 Å². The van der Waals surface area contributed by atoms with Crippen LogP contribution in [0.5, 0.6) is 5.75 Å². The Balaban J connectivity index is 1.83. The highest BCUT2D eigenvalue weighted by molar-refractivity contribution is 7.99. The Morgan fingerprint density at radius 3 is 2.70 bits per heavy atom. The number of thioether (sulfide) groups is 1. The first kappa shape index (κ1) is 22.5. The molecule has 1 saturated heterocycles. The fourth-order valence-corrected chi connectivity index (χ4v) is 4.97. The lowest BCUT2D eigenvalue weighted by Crippen LogP contribution is -2.35. The van der Waals surface area contributed by atoms with E-state index >= 15 is 0 Å². The van der Waals surface area contributed by atoms with Crippen molar-refractivity contribution in [2.75, 3.05) is 29.9 Å². The van der Waals surface area contributed by atoms with Gasteiger partial charge in [0.2, 0.25) is 5.91 Å². The zero-order valence-corrected chi connectivity index (χ0v) is 18.2. The highest BCUT2D eigenvalue weighted by Gasteiger charge is 2.28. The summed E-state index contributed by atoms with van der Waals surface area (Å²) in [5.41, 5.74) is 2.05. The molecule has 3 rings (SSSR count). The summed E-state index contributed by atoms with van der Waals surface area (Å²) < 4.78 is 0. The van der Waals surface area contributed by atoms with Gasteiger partial charge in [-0.15, -0.1) is 0 Å². The van der Waals surface area contributed by atoms with Crippen molar-refractivity contribution in [2.24, 2.45) is 0 Å². The zero-order valence-electron chi connectivity index (χ0n) is 16.5. The number of nitrogens with zero attached hydrogens (tertiary/aromatic N) is 1. The number of carbonyl (C=O) groups excluding carboxylic acids is 1. The molecule has 1 heterocycles. The molecule has 0 radical (unpaired) electrons. The second-order valence-corrected chi connectivity index (χ2v) is 9.02. The minimum Gasteiger partial charge on any atom is -0.506 e. The number of amides is 1. The fraction of sp³-hybridized carbons (Fsp3) is 0.364. The number of hydrogen-bond acceptors (Lipinski definition) is 6. The molecule has 1 fully saturated rings. The molecule has 0 aromatic heterocycles. The average Bonchev–Trinajstić information content (AvgIpc) is 2.95. The molecule has 8 heteroatoms. The second kappa shape index (κ2) is 10.7. The molecular formula is C22H26N2O4S2. The summed E-state index contributed by atoms with van der Waals surface area (Å²) in [4.78, 5) is 26.1. The van der Waals surface area contributed by atoms with E-state index in [1.54, 1.807) is 17.8 Å². The van der Waals surface area contributed by atoms with E-state index in [2.05, 4.69) is 17.9 Å². The molecule has 1 aliphatic heterocycles. The third-order valence-corrected chi connectivity index (χ3v) is 6.59. The van der Waals surface area contributed by atoms with Gasteiger partial charge in [0, 0.05) is 18.3 Å². The quantitative estimate of drug-likeness (QED) is 0.385. The summed E-state index contributed by atoms with van der Waals surface area (Å²) in [5, 5.41) is 22.1. The van der Waals surface area contributed by atoms with Gasteiger partial charge in [0.05, 0.1) is 17.5 Å². The van der Waals surface area contributed by atoms with Crippen LogP contribution in [0.2, 0.25) is 0 Å². The Hall–Kier alpha value is -2.16. The maximum Gasteiger partial charge on any atom is 0.317 e. The summed E-state index contributed by atoms with van der Waals surface area (Å²) in [7, 11) is 0. The van der Waals surface area contributed by atoms with Crippen molar-refractivity contribution < 1.29 is 19.8 Å². The number of anilines is 1. The van der Waals surface area contributed by atoms with Crippen LogP contribution in [0.3, 0.4) is 0 Å². The molecule has 0 unspecified atom stereocenters. The van der Waals surface area contributed by atoms with E-state index in [0.717, 1.165) is 23.3 Å². The van der Waals surface area contributed by atoms with Gasteiger partial charge in [0.25, 0.3) is 0 Å². The summed E-state index contributed by atoms with van der Waals surface area (Å²) in [6.45, 7) is 0.563. The van der Waals surface area contributed by atoms with Crippen molar-refractivity contribution in [3.63, 3.8) is 0 Å². The SMILES string of the molecule is O=C(O)CN1CCCSC[C@H]1c1cccc(O)c1NC(=O)[C@@H](S)Cc1ccccc1. The molecule has 2 aromatic carbocycles. The van der Waals surface area contributed by atoms with Gasteiger partial charge in [-0.25, -0.2) is 0 Å². The van der Waals surface area contributed by atoms with E-state index < -0.39 is 11.2 Å². The maximum absolute atomic E-state index is 12.8.